The van der Waals surface area contributed by atoms with Crippen molar-refractivity contribution in [1.29, 1.82) is 0 Å². The van der Waals surface area contributed by atoms with Gasteiger partial charge >= 0.3 is 6.03 Å². The lowest BCUT2D eigenvalue weighted by Gasteiger charge is -2.34. The molecule has 1 saturated heterocycles. The van der Waals surface area contributed by atoms with Crippen LogP contribution in [0.1, 0.15) is 30.7 Å². The minimum atomic E-state index is -0.00897. The zero-order valence-corrected chi connectivity index (χ0v) is 14.9. The van der Waals surface area contributed by atoms with Crippen LogP contribution in [0.15, 0.2) is 36.0 Å². The van der Waals surface area contributed by atoms with E-state index in [1.54, 1.807) is 28.6 Å². The smallest absolute Gasteiger partial charge is 0.317 e. The predicted molar refractivity (Wildman–Crippen MR) is 96.3 cm³/mol. The highest BCUT2D eigenvalue weighted by Crippen LogP contribution is 2.23. The van der Waals surface area contributed by atoms with E-state index in [0.717, 1.165) is 31.9 Å². The number of thiophene rings is 1. The van der Waals surface area contributed by atoms with Gasteiger partial charge in [0.2, 0.25) is 5.95 Å². The number of carbonyl (C=O) groups is 1. The van der Waals surface area contributed by atoms with Crippen molar-refractivity contribution in [3.05, 3.63) is 40.8 Å². The van der Waals surface area contributed by atoms with Crippen LogP contribution in [0.25, 0.3) is 0 Å². The number of aromatic nitrogens is 2. The van der Waals surface area contributed by atoms with Gasteiger partial charge in [0.05, 0.1) is 6.04 Å². The van der Waals surface area contributed by atoms with Crippen molar-refractivity contribution in [2.24, 2.45) is 0 Å². The lowest BCUT2D eigenvalue weighted by atomic mass is 10.1. The first-order chi connectivity index (χ1) is 11.6. The maximum atomic E-state index is 12.5. The number of rotatable bonds is 4. The van der Waals surface area contributed by atoms with Crippen molar-refractivity contribution in [3.8, 4) is 0 Å². The number of hydrogen-bond donors (Lipinski definition) is 1. The van der Waals surface area contributed by atoms with Crippen LogP contribution in [0.2, 0.25) is 0 Å². The summed E-state index contributed by atoms with van der Waals surface area (Å²) in [4.78, 5) is 26.2. The third-order valence-corrected chi connectivity index (χ3v) is 5.56. The molecule has 3 heterocycles. The van der Waals surface area contributed by atoms with Crippen LogP contribution in [0.3, 0.4) is 0 Å². The normalized spacial score (nSPS) is 16.7. The number of urea groups is 1. The summed E-state index contributed by atoms with van der Waals surface area (Å²) in [6.45, 7) is 3.78. The van der Waals surface area contributed by atoms with Crippen molar-refractivity contribution in [2.75, 3.05) is 25.0 Å². The Morgan fingerprint density at radius 2 is 2.04 bits per heavy atom. The molecule has 1 atom stereocenters. The molecule has 1 N–H and O–H groups in total. The van der Waals surface area contributed by atoms with Crippen LogP contribution in [0.5, 0.6) is 0 Å². The van der Waals surface area contributed by atoms with Gasteiger partial charge in [-0.2, -0.15) is 0 Å². The van der Waals surface area contributed by atoms with Crippen molar-refractivity contribution in [3.63, 3.8) is 0 Å². The molecule has 1 aliphatic rings. The maximum absolute atomic E-state index is 12.5. The van der Waals surface area contributed by atoms with Gasteiger partial charge in [-0.25, -0.2) is 14.8 Å². The van der Waals surface area contributed by atoms with Gasteiger partial charge in [0.15, 0.2) is 0 Å². The highest BCUT2D eigenvalue weighted by Gasteiger charge is 2.25. The van der Waals surface area contributed by atoms with Crippen LogP contribution < -0.4 is 10.2 Å². The molecule has 0 bridgehead atoms. The molecule has 1 aliphatic heterocycles. The molecule has 2 aromatic rings. The Kier molecular flexibility index (Phi) is 5.30. The minimum absolute atomic E-state index is 0.00897. The van der Waals surface area contributed by atoms with Crippen LogP contribution in [-0.2, 0) is 0 Å². The fourth-order valence-corrected chi connectivity index (χ4v) is 3.68. The SMILES string of the molecule is C[C@@H](c1cccs1)N(C)C(=O)NC1CCN(c2ncccn2)CC1. The van der Waals surface area contributed by atoms with Crippen LogP contribution in [-0.4, -0.2) is 47.1 Å². The van der Waals surface area contributed by atoms with E-state index in [0.29, 0.717) is 0 Å². The van der Waals surface area contributed by atoms with Crippen molar-refractivity contribution in [1.82, 2.24) is 20.2 Å². The Morgan fingerprint density at radius 3 is 2.67 bits per heavy atom. The summed E-state index contributed by atoms with van der Waals surface area (Å²) >= 11 is 1.68. The topological polar surface area (TPSA) is 61.4 Å². The number of hydrogen-bond acceptors (Lipinski definition) is 5. The zero-order valence-electron chi connectivity index (χ0n) is 14.1. The van der Waals surface area contributed by atoms with Gasteiger partial charge in [-0.15, -0.1) is 11.3 Å². The Hall–Kier alpha value is -2.15. The molecule has 0 spiro atoms. The number of nitrogens with zero attached hydrogens (tertiary/aromatic N) is 4. The van der Waals surface area contributed by atoms with E-state index in [-0.39, 0.29) is 18.1 Å². The third kappa shape index (κ3) is 3.84. The second-order valence-corrected chi connectivity index (χ2v) is 7.04. The molecule has 24 heavy (non-hydrogen) atoms. The monoisotopic (exact) mass is 345 g/mol. The molecule has 0 saturated carbocycles. The predicted octanol–water partition coefficient (Wildman–Crippen LogP) is 2.91. The molecule has 0 radical (unpaired) electrons. The Bertz CT molecular complexity index is 640. The van der Waals surface area contributed by atoms with Crippen molar-refractivity contribution in [2.45, 2.75) is 31.8 Å². The first-order valence-electron chi connectivity index (χ1n) is 8.24. The van der Waals surface area contributed by atoms with E-state index in [1.165, 1.54) is 4.88 Å². The maximum Gasteiger partial charge on any atom is 0.317 e. The summed E-state index contributed by atoms with van der Waals surface area (Å²) in [6.07, 6.45) is 5.34. The molecule has 2 aromatic heterocycles. The molecule has 0 aliphatic carbocycles. The van der Waals surface area contributed by atoms with E-state index < -0.39 is 0 Å². The molecule has 1 fully saturated rings. The quantitative estimate of drug-likeness (QED) is 0.925. The van der Waals surface area contributed by atoms with E-state index in [4.69, 9.17) is 0 Å². The van der Waals surface area contributed by atoms with Gasteiger partial charge in [-0.1, -0.05) is 6.07 Å². The molecule has 0 unspecified atom stereocenters. The molecule has 2 amide bonds. The Balaban J connectivity index is 1.49. The largest absolute Gasteiger partial charge is 0.341 e. The van der Waals surface area contributed by atoms with Crippen molar-refractivity contribution < 1.29 is 4.79 Å². The Labute approximate surface area is 146 Å². The molecule has 0 aromatic carbocycles. The lowest BCUT2D eigenvalue weighted by molar-refractivity contribution is 0.188. The molecule has 7 heteroatoms. The summed E-state index contributed by atoms with van der Waals surface area (Å²) in [6, 6.07) is 6.19. The zero-order chi connectivity index (χ0) is 16.9. The van der Waals surface area contributed by atoms with Gasteiger partial charge in [0, 0.05) is 43.4 Å². The molecular formula is C17H23N5OS. The fraction of sp³-hybridized carbons (Fsp3) is 0.471. The lowest BCUT2D eigenvalue weighted by Crippen LogP contribution is -2.49. The second-order valence-electron chi connectivity index (χ2n) is 6.06. The van der Waals surface area contributed by atoms with Gasteiger partial charge < -0.3 is 15.1 Å². The number of anilines is 1. The van der Waals surface area contributed by atoms with E-state index >= 15 is 0 Å². The summed E-state index contributed by atoms with van der Waals surface area (Å²) in [7, 11) is 1.85. The number of amides is 2. The first-order valence-corrected chi connectivity index (χ1v) is 9.12. The van der Waals surface area contributed by atoms with Crippen LogP contribution >= 0.6 is 11.3 Å². The van der Waals surface area contributed by atoms with E-state index in [2.05, 4.69) is 33.2 Å². The first kappa shape index (κ1) is 16.7. The Morgan fingerprint density at radius 1 is 1.33 bits per heavy atom. The van der Waals surface area contributed by atoms with Crippen LogP contribution in [0.4, 0.5) is 10.7 Å². The van der Waals surface area contributed by atoms with Gasteiger partial charge in [-0.05, 0) is 37.3 Å². The summed E-state index contributed by atoms with van der Waals surface area (Å²) < 4.78 is 0. The van der Waals surface area contributed by atoms with E-state index in [9.17, 15) is 4.79 Å². The van der Waals surface area contributed by atoms with Gasteiger partial charge in [0.25, 0.3) is 0 Å². The second kappa shape index (κ2) is 7.61. The number of carbonyl (C=O) groups excluding carboxylic acids is 1. The third-order valence-electron chi connectivity index (χ3n) is 4.51. The average molecular weight is 345 g/mol. The minimum Gasteiger partial charge on any atom is -0.341 e. The number of piperidine rings is 1. The standard InChI is InChI=1S/C17H23N5OS/c1-13(15-5-3-12-24-15)21(2)17(23)20-14-6-10-22(11-7-14)16-18-8-4-9-19-16/h3-5,8-9,12-14H,6-7,10-11H2,1-2H3,(H,20,23)/t13-/m0/s1. The van der Waals surface area contributed by atoms with Crippen LogP contribution in [0, 0.1) is 0 Å². The molecule has 3 rings (SSSR count). The highest BCUT2D eigenvalue weighted by molar-refractivity contribution is 7.10. The summed E-state index contributed by atoms with van der Waals surface area (Å²) in [5, 5.41) is 5.20. The molecular weight excluding hydrogens is 322 g/mol. The highest BCUT2D eigenvalue weighted by atomic mass is 32.1. The van der Waals surface area contributed by atoms with Gasteiger partial charge in [0.1, 0.15) is 0 Å². The van der Waals surface area contributed by atoms with E-state index in [1.807, 2.05) is 24.6 Å². The molecule has 6 nitrogen and oxygen atoms in total. The average Bonchev–Trinajstić information content (AvgIpc) is 3.16. The van der Waals surface area contributed by atoms with Crippen molar-refractivity contribution >= 4 is 23.3 Å². The fourth-order valence-electron chi connectivity index (χ4n) is 2.85. The summed E-state index contributed by atoms with van der Waals surface area (Å²) in [5.41, 5.74) is 0. The summed E-state index contributed by atoms with van der Waals surface area (Å²) in [5.74, 6) is 0.769. The van der Waals surface area contributed by atoms with Gasteiger partial charge in [-0.3, -0.25) is 0 Å². The molecule has 128 valence electrons. The number of nitrogens with one attached hydrogen (secondary N) is 1.